The van der Waals surface area contributed by atoms with Crippen molar-refractivity contribution in [3.05, 3.63) is 51.3 Å². The summed E-state index contributed by atoms with van der Waals surface area (Å²) in [6.07, 6.45) is 1.73. The van der Waals surface area contributed by atoms with Crippen molar-refractivity contribution in [2.75, 3.05) is 6.54 Å². The Labute approximate surface area is 125 Å². The molecule has 3 nitrogen and oxygen atoms in total. The molecular formula is C14H16BrF2N3. The summed E-state index contributed by atoms with van der Waals surface area (Å²) < 4.78 is 29.6. The Balaban J connectivity index is 2.27. The maximum Gasteiger partial charge on any atom is 0.145 e. The first-order chi connectivity index (χ1) is 9.54. The SMILES string of the molecule is CCNCc1cnn(Cc2c(F)ccc(Br)c2F)c1C. The number of nitrogens with zero attached hydrogens (tertiary/aromatic N) is 2. The van der Waals surface area contributed by atoms with E-state index in [0.717, 1.165) is 17.8 Å². The summed E-state index contributed by atoms with van der Waals surface area (Å²) in [4.78, 5) is 0. The standard InChI is InChI=1S/C14H16BrF2N3/c1-3-18-6-10-7-19-20(9(10)2)8-11-13(16)5-4-12(15)14(11)17/h4-5,7,18H,3,6,8H2,1-2H3. The van der Waals surface area contributed by atoms with Crippen LogP contribution in [0.1, 0.15) is 23.7 Å². The van der Waals surface area contributed by atoms with Crippen molar-refractivity contribution >= 4 is 15.9 Å². The molecular weight excluding hydrogens is 328 g/mol. The second-order valence-electron chi connectivity index (χ2n) is 4.51. The lowest BCUT2D eigenvalue weighted by Crippen LogP contribution is -2.13. The van der Waals surface area contributed by atoms with E-state index >= 15 is 0 Å². The maximum atomic E-state index is 13.9. The zero-order valence-electron chi connectivity index (χ0n) is 11.4. The highest BCUT2D eigenvalue weighted by atomic mass is 79.9. The van der Waals surface area contributed by atoms with Gasteiger partial charge in [0.05, 0.1) is 17.2 Å². The van der Waals surface area contributed by atoms with Gasteiger partial charge < -0.3 is 5.32 Å². The predicted octanol–water partition coefficient (Wildman–Crippen LogP) is 3.39. The quantitative estimate of drug-likeness (QED) is 0.843. The summed E-state index contributed by atoms with van der Waals surface area (Å²) in [6, 6.07) is 2.61. The van der Waals surface area contributed by atoms with Crippen LogP contribution in [-0.4, -0.2) is 16.3 Å². The van der Waals surface area contributed by atoms with Crippen LogP contribution >= 0.6 is 15.9 Å². The number of benzene rings is 1. The molecule has 0 aliphatic carbocycles. The third kappa shape index (κ3) is 3.07. The van der Waals surface area contributed by atoms with E-state index in [9.17, 15) is 8.78 Å². The van der Waals surface area contributed by atoms with E-state index in [1.165, 1.54) is 12.1 Å². The molecule has 1 aromatic carbocycles. The van der Waals surface area contributed by atoms with Crippen molar-refractivity contribution < 1.29 is 8.78 Å². The van der Waals surface area contributed by atoms with E-state index in [1.54, 1.807) is 10.9 Å². The average Bonchev–Trinajstić information content (AvgIpc) is 2.78. The third-order valence-electron chi connectivity index (χ3n) is 3.22. The summed E-state index contributed by atoms with van der Waals surface area (Å²) in [5, 5.41) is 7.41. The highest BCUT2D eigenvalue weighted by molar-refractivity contribution is 9.10. The minimum atomic E-state index is -0.576. The van der Waals surface area contributed by atoms with Gasteiger partial charge in [-0.3, -0.25) is 4.68 Å². The Bertz CT molecular complexity index is 611. The zero-order chi connectivity index (χ0) is 14.7. The van der Waals surface area contributed by atoms with Crippen molar-refractivity contribution in [2.24, 2.45) is 0 Å². The van der Waals surface area contributed by atoms with Crippen molar-refractivity contribution in [1.29, 1.82) is 0 Å². The molecule has 0 unspecified atom stereocenters. The highest BCUT2D eigenvalue weighted by Gasteiger charge is 2.15. The third-order valence-corrected chi connectivity index (χ3v) is 3.83. The van der Waals surface area contributed by atoms with Gasteiger partial charge in [-0.15, -0.1) is 0 Å². The van der Waals surface area contributed by atoms with Crippen LogP contribution in [0.3, 0.4) is 0 Å². The Morgan fingerprint density at radius 1 is 1.35 bits per heavy atom. The average molecular weight is 344 g/mol. The van der Waals surface area contributed by atoms with Gasteiger partial charge in [0.25, 0.3) is 0 Å². The molecule has 2 aromatic rings. The molecule has 6 heteroatoms. The first-order valence-corrected chi connectivity index (χ1v) is 7.18. The smallest absolute Gasteiger partial charge is 0.145 e. The molecule has 1 aromatic heterocycles. The molecule has 1 heterocycles. The Morgan fingerprint density at radius 2 is 2.10 bits per heavy atom. The molecule has 1 N–H and O–H groups in total. The van der Waals surface area contributed by atoms with Crippen LogP contribution in [0.25, 0.3) is 0 Å². The van der Waals surface area contributed by atoms with Gasteiger partial charge in [-0.1, -0.05) is 6.92 Å². The molecule has 0 aliphatic heterocycles. The molecule has 0 radical (unpaired) electrons. The Hall–Kier alpha value is -1.27. The van der Waals surface area contributed by atoms with Crippen molar-refractivity contribution in [1.82, 2.24) is 15.1 Å². The number of nitrogens with one attached hydrogen (secondary N) is 1. The van der Waals surface area contributed by atoms with Gasteiger partial charge in [0.1, 0.15) is 11.6 Å². The molecule has 0 saturated heterocycles. The highest BCUT2D eigenvalue weighted by Crippen LogP contribution is 2.23. The molecule has 0 atom stereocenters. The summed E-state index contributed by atoms with van der Waals surface area (Å²) in [5.41, 5.74) is 1.95. The van der Waals surface area contributed by atoms with Gasteiger partial charge in [0.15, 0.2) is 0 Å². The van der Waals surface area contributed by atoms with Gasteiger partial charge in [-0.05, 0) is 41.5 Å². The number of aromatic nitrogens is 2. The van der Waals surface area contributed by atoms with Gasteiger partial charge in [0, 0.05) is 23.4 Å². The fourth-order valence-corrected chi connectivity index (χ4v) is 2.31. The molecule has 2 rings (SSSR count). The first-order valence-electron chi connectivity index (χ1n) is 6.39. The molecule has 20 heavy (non-hydrogen) atoms. The van der Waals surface area contributed by atoms with Crippen molar-refractivity contribution in [2.45, 2.75) is 26.9 Å². The van der Waals surface area contributed by atoms with Crippen LogP contribution in [0.15, 0.2) is 22.8 Å². The van der Waals surface area contributed by atoms with Gasteiger partial charge in [0.2, 0.25) is 0 Å². The van der Waals surface area contributed by atoms with Gasteiger partial charge >= 0.3 is 0 Å². The molecule has 0 spiro atoms. The van der Waals surface area contributed by atoms with Crippen LogP contribution in [-0.2, 0) is 13.1 Å². The van der Waals surface area contributed by atoms with Crippen molar-refractivity contribution in [3.8, 4) is 0 Å². The summed E-state index contributed by atoms with van der Waals surface area (Å²) in [7, 11) is 0. The minimum absolute atomic E-state index is 0.0144. The van der Waals surface area contributed by atoms with Crippen molar-refractivity contribution in [3.63, 3.8) is 0 Å². The maximum absolute atomic E-state index is 13.9. The first kappa shape index (κ1) is 15.1. The summed E-state index contributed by atoms with van der Waals surface area (Å²) in [5.74, 6) is -1.14. The van der Waals surface area contributed by atoms with E-state index in [4.69, 9.17) is 0 Å². The van der Waals surface area contributed by atoms with Gasteiger partial charge in [-0.2, -0.15) is 5.10 Å². The molecule has 0 bridgehead atoms. The summed E-state index contributed by atoms with van der Waals surface area (Å²) in [6.45, 7) is 5.56. The fourth-order valence-electron chi connectivity index (χ4n) is 1.94. The number of hydrogen-bond acceptors (Lipinski definition) is 2. The fraction of sp³-hybridized carbons (Fsp3) is 0.357. The van der Waals surface area contributed by atoms with Gasteiger partial charge in [-0.25, -0.2) is 8.78 Å². The molecule has 0 saturated carbocycles. The van der Waals surface area contributed by atoms with Crippen LogP contribution in [0, 0.1) is 18.6 Å². The summed E-state index contributed by atoms with van der Waals surface area (Å²) >= 11 is 3.07. The van der Waals surface area contributed by atoms with Crippen LogP contribution in [0.4, 0.5) is 8.78 Å². The molecule has 0 amide bonds. The van der Waals surface area contributed by atoms with E-state index in [-0.39, 0.29) is 16.6 Å². The monoisotopic (exact) mass is 343 g/mol. The lowest BCUT2D eigenvalue weighted by atomic mass is 10.2. The van der Waals surface area contributed by atoms with Crippen LogP contribution in [0.5, 0.6) is 0 Å². The number of halogens is 3. The van der Waals surface area contributed by atoms with Crippen LogP contribution in [0.2, 0.25) is 0 Å². The predicted molar refractivity (Wildman–Crippen MR) is 77.5 cm³/mol. The molecule has 0 fully saturated rings. The molecule has 0 aliphatic rings. The van der Waals surface area contributed by atoms with E-state index in [1.807, 2.05) is 13.8 Å². The lowest BCUT2D eigenvalue weighted by molar-refractivity contribution is 0.525. The largest absolute Gasteiger partial charge is 0.313 e. The number of rotatable bonds is 5. The Kier molecular flexibility index (Phi) is 4.88. The lowest BCUT2D eigenvalue weighted by Gasteiger charge is -2.09. The van der Waals surface area contributed by atoms with E-state index in [0.29, 0.717) is 6.54 Å². The molecule has 108 valence electrons. The minimum Gasteiger partial charge on any atom is -0.313 e. The number of hydrogen-bond donors (Lipinski definition) is 1. The second-order valence-corrected chi connectivity index (χ2v) is 5.37. The van der Waals surface area contributed by atoms with E-state index < -0.39 is 11.6 Å². The van der Waals surface area contributed by atoms with Crippen LogP contribution < -0.4 is 5.32 Å². The second kappa shape index (κ2) is 6.45. The topological polar surface area (TPSA) is 29.9 Å². The Morgan fingerprint density at radius 3 is 2.80 bits per heavy atom. The van der Waals surface area contributed by atoms with E-state index in [2.05, 4.69) is 26.3 Å². The zero-order valence-corrected chi connectivity index (χ0v) is 13.0. The normalized spacial score (nSPS) is 11.1.